The number of nitrogens with one attached hydrogen (secondary N) is 3. The Balaban J connectivity index is 1.39. The van der Waals surface area contributed by atoms with E-state index in [2.05, 4.69) is 20.9 Å². The lowest BCUT2D eigenvalue weighted by molar-refractivity contribution is -0.123. The average molecular weight is 403 g/mol. The topological polar surface area (TPSA) is 99.7 Å². The molecular weight excluding hydrogens is 384 g/mol. The fourth-order valence-electron chi connectivity index (χ4n) is 2.27. The monoisotopic (exact) mass is 402 g/mol. The molecule has 7 nitrogen and oxygen atoms in total. The number of thiophene rings is 1. The van der Waals surface area contributed by atoms with Crippen molar-refractivity contribution in [2.24, 2.45) is 4.99 Å². The van der Waals surface area contributed by atoms with Crippen LogP contribution >= 0.6 is 23.1 Å². The van der Waals surface area contributed by atoms with Crippen molar-refractivity contribution >= 4 is 51.6 Å². The van der Waals surface area contributed by atoms with E-state index in [0.29, 0.717) is 10.6 Å². The molecule has 9 heteroatoms. The van der Waals surface area contributed by atoms with E-state index in [9.17, 15) is 14.4 Å². The largest absolute Gasteiger partial charge is 0.345 e. The van der Waals surface area contributed by atoms with Crippen LogP contribution in [0.25, 0.3) is 0 Å². The van der Waals surface area contributed by atoms with Crippen molar-refractivity contribution in [2.75, 3.05) is 30.7 Å². The van der Waals surface area contributed by atoms with Gasteiger partial charge in [0.25, 0.3) is 5.91 Å². The van der Waals surface area contributed by atoms with E-state index in [1.807, 2.05) is 12.1 Å². The Kier molecular flexibility index (Phi) is 6.61. The molecule has 0 saturated carbocycles. The molecule has 0 aliphatic carbocycles. The maximum atomic E-state index is 12.1. The summed E-state index contributed by atoms with van der Waals surface area (Å²) in [7, 11) is 0. The first kappa shape index (κ1) is 19.1. The first-order valence-electron chi connectivity index (χ1n) is 8.29. The number of nitrogens with zero attached hydrogens (tertiary/aromatic N) is 1. The van der Waals surface area contributed by atoms with E-state index in [1.54, 1.807) is 42.1 Å². The van der Waals surface area contributed by atoms with E-state index < -0.39 is 5.91 Å². The predicted molar refractivity (Wildman–Crippen MR) is 109 cm³/mol. The van der Waals surface area contributed by atoms with Gasteiger partial charge in [0, 0.05) is 18.0 Å². The van der Waals surface area contributed by atoms with Crippen LogP contribution in [0.15, 0.2) is 47.5 Å². The molecule has 2 aromatic rings. The molecule has 1 aromatic carbocycles. The van der Waals surface area contributed by atoms with Gasteiger partial charge in [-0.15, -0.1) is 23.1 Å². The summed E-state index contributed by atoms with van der Waals surface area (Å²) >= 11 is 3.03. The van der Waals surface area contributed by atoms with Gasteiger partial charge in [-0.05, 0) is 24.3 Å². The number of thioether (sulfide) groups is 1. The zero-order chi connectivity index (χ0) is 19.1. The van der Waals surface area contributed by atoms with E-state index in [-0.39, 0.29) is 24.9 Å². The summed E-state index contributed by atoms with van der Waals surface area (Å²) in [5, 5.41) is 8.66. The Bertz CT molecular complexity index is 865. The molecule has 1 aliphatic heterocycles. The van der Waals surface area contributed by atoms with Gasteiger partial charge in [0.2, 0.25) is 11.8 Å². The van der Waals surface area contributed by atoms with E-state index >= 15 is 0 Å². The van der Waals surface area contributed by atoms with Gasteiger partial charge in [-0.25, -0.2) is 0 Å². The normalized spacial score (nSPS) is 13.0. The highest BCUT2D eigenvalue weighted by Gasteiger charge is 2.16. The van der Waals surface area contributed by atoms with Gasteiger partial charge in [-0.1, -0.05) is 18.2 Å². The minimum absolute atomic E-state index is 0.163. The Morgan fingerprint density at radius 1 is 0.963 bits per heavy atom. The molecule has 0 radical (unpaired) electrons. The first-order valence-corrected chi connectivity index (χ1v) is 10.1. The highest BCUT2D eigenvalue weighted by atomic mass is 32.2. The van der Waals surface area contributed by atoms with Gasteiger partial charge in [0.05, 0.1) is 22.8 Å². The molecule has 1 aromatic heterocycles. The van der Waals surface area contributed by atoms with Crippen LogP contribution in [0.1, 0.15) is 14.5 Å². The lowest BCUT2D eigenvalue weighted by atomic mass is 10.3. The smallest absolute Gasteiger partial charge is 0.261 e. The molecule has 3 N–H and O–H groups in total. The van der Waals surface area contributed by atoms with Gasteiger partial charge in [-0.2, -0.15) is 0 Å². The van der Waals surface area contributed by atoms with Gasteiger partial charge in [0.1, 0.15) is 5.04 Å². The molecule has 0 fully saturated rings. The Morgan fingerprint density at radius 3 is 2.48 bits per heavy atom. The van der Waals surface area contributed by atoms with Crippen LogP contribution in [-0.4, -0.2) is 48.2 Å². The van der Waals surface area contributed by atoms with E-state index in [1.165, 1.54) is 11.3 Å². The lowest BCUT2D eigenvalue weighted by Crippen LogP contribution is -2.40. The van der Waals surface area contributed by atoms with Crippen molar-refractivity contribution in [1.29, 1.82) is 0 Å². The summed E-state index contributed by atoms with van der Waals surface area (Å²) in [5.41, 5.74) is 0.656. The Morgan fingerprint density at radius 2 is 1.74 bits per heavy atom. The number of carbonyl (C=O) groups excluding carboxylic acids is 3. The third-order valence-corrected chi connectivity index (χ3v) is 5.77. The van der Waals surface area contributed by atoms with Crippen molar-refractivity contribution < 1.29 is 14.4 Å². The molecule has 27 heavy (non-hydrogen) atoms. The van der Waals surface area contributed by atoms with Crippen LogP contribution in [0.4, 0.5) is 5.69 Å². The third-order valence-electron chi connectivity index (χ3n) is 3.54. The number of anilines is 1. The van der Waals surface area contributed by atoms with Crippen LogP contribution in [0, 0.1) is 0 Å². The second kappa shape index (κ2) is 9.33. The van der Waals surface area contributed by atoms with E-state index in [4.69, 9.17) is 0 Å². The summed E-state index contributed by atoms with van der Waals surface area (Å²) in [6, 6.07) is 12.6. The van der Waals surface area contributed by atoms with Crippen LogP contribution in [0.3, 0.4) is 0 Å². The number of aliphatic imine (C=N–C) groups is 1. The lowest BCUT2D eigenvalue weighted by Gasteiger charge is -2.07. The minimum Gasteiger partial charge on any atom is -0.345 e. The number of hydrogen-bond acceptors (Lipinski definition) is 6. The number of rotatable bonds is 7. The fourth-order valence-corrected chi connectivity index (χ4v) is 4.17. The SMILES string of the molecule is O=C(CNC(=O)c1ccc(C2=NCCS2)s1)NCC(=O)Nc1ccccc1. The molecule has 0 atom stereocenters. The van der Waals surface area contributed by atoms with Gasteiger partial charge in [-0.3, -0.25) is 19.4 Å². The third kappa shape index (κ3) is 5.66. The van der Waals surface area contributed by atoms with Crippen molar-refractivity contribution in [3.8, 4) is 0 Å². The quantitative estimate of drug-likeness (QED) is 0.657. The molecule has 2 heterocycles. The summed E-state index contributed by atoms with van der Waals surface area (Å²) in [6.45, 7) is 0.446. The second-order valence-electron chi connectivity index (χ2n) is 5.57. The van der Waals surface area contributed by atoms with Crippen molar-refractivity contribution in [3.63, 3.8) is 0 Å². The predicted octanol–water partition coefficient (Wildman–Crippen LogP) is 1.73. The van der Waals surface area contributed by atoms with Crippen LogP contribution < -0.4 is 16.0 Å². The van der Waals surface area contributed by atoms with E-state index in [0.717, 1.165) is 22.2 Å². The standard InChI is InChI=1S/C18H18N4O3S2/c23-15(20-11-16(24)22-12-4-2-1-3-5-12)10-21-17(25)13-6-7-14(27-13)18-19-8-9-26-18/h1-7H,8-11H2,(H,20,23)(H,21,25)(H,22,24). The number of amides is 3. The summed E-state index contributed by atoms with van der Waals surface area (Å²) in [6.07, 6.45) is 0. The highest BCUT2D eigenvalue weighted by Crippen LogP contribution is 2.25. The Hall–Kier alpha value is -2.65. The van der Waals surface area contributed by atoms with Crippen LogP contribution in [-0.2, 0) is 9.59 Å². The number of para-hydroxylation sites is 1. The van der Waals surface area contributed by atoms with Gasteiger partial charge in [0.15, 0.2) is 0 Å². The van der Waals surface area contributed by atoms with Gasteiger partial charge >= 0.3 is 0 Å². The van der Waals surface area contributed by atoms with Crippen LogP contribution in [0.2, 0.25) is 0 Å². The van der Waals surface area contributed by atoms with Crippen LogP contribution in [0.5, 0.6) is 0 Å². The molecule has 0 unspecified atom stereocenters. The summed E-state index contributed by atoms with van der Waals surface area (Å²) in [4.78, 5) is 41.6. The number of benzene rings is 1. The maximum absolute atomic E-state index is 12.1. The summed E-state index contributed by atoms with van der Waals surface area (Å²) < 4.78 is 0. The Labute approximate surface area is 164 Å². The first-order chi connectivity index (χ1) is 13.1. The van der Waals surface area contributed by atoms with Gasteiger partial charge < -0.3 is 16.0 Å². The number of hydrogen-bond donors (Lipinski definition) is 3. The number of carbonyl (C=O) groups is 3. The zero-order valence-corrected chi connectivity index (χ0v) is 16.0. The minimum atomic E-state index is -0.431. The molecule has 3 amide bonds. The molecule has 1 aliphatic rings. The molecule has 0 spiro atoms. The summed E-state index contributed by atoms with van der Waals surface area (Å²) in [5.74, 6) is -0.122. The fraction of sp³-hybridized carbons (Fsp3) is 0.222. The second-order valence-corrected chi connectivity index (χ2v) is 7.74. The molecule has 0 bridgehead atoms. The van der Waals surface area contributed by atoms with Crippen molar-refractivity contribution in [2.45, 2.75) is 0 Å². The van der Waals surface area contributed by atoms with Crippen molar-refractivity contribution in [3.05, 3.63) is 52.2 Å². The molecular formula is C18H18N4O3S2. The zero-order valence-electron chi connectivity index (χ0n) is 14.4. The average Bonchev–Trinajstić information content (AvgIpc) is 3.36. The molecule has 140 valence electrons. The molecule has 3 rings (SSSR count). The highest BCUT2D eigenvalue weighted by molar-refractivity contribution is 8.15. The van der Waals surface area contributed by atoms with Crippen molar-refractivity contribution in [1.82, 2.24) is 10.6 Å². The maximum Gasteiger partial charge on any atom is 0.261 e. The molecule has 0 saturated heterocycles.